The number of nitrogens with one attached hydrogen (secondary N) is 1. The molecule has 1 heterocycles. The first kappa shape index (κ1) is 29.2. The molecule has 1 aliphatic heterocycles. The molecule has 2 rings (SSSR count). The van der Waals surface area contributed by atoms with Gasteiger partial charge in [0.2, 0.25) is 6.29 Å². The number of carbonyl (C=O) groups is 2. The third-order valence-corrected chi connectivity index (χ3v) is 5.58. The second-order valence-corrected chi connectivity index (χ2v) is 7.81. The van der Waals surface area contributed by atoms with E-state index in [-0.39, 0.29) is 12.4 Å². The van der Waals surface area contributed by atoms with Crippen molar-refractivity contribution in [2.24, 2.45) is 0 Å². The first-order chi connectivity index (χ1) is 17.2. The maximum absolute atomic E-state index is 12.3. The van der Waals surface area contributed by atoms with Crippen LogP contribution in [0, 0.1) is 10.1 Å². The maximum Gasteiger partial charge on any atom is 0.409 e. The lowest BCUT2D eigenvalue weighted by Gasteiger charge is -2.43. The lowest BCUT2D eigenvalue weighted by Crippen LogP contribution is -2.63. The summed E-state index contributed by atoms with van der Waals surface area (Å²) in [4.78, 5) is 36.9. The first-order valence-electron chi connectivity index (χ1n) is 11.0. The zero-order chi connectivity index (χ0) is 26.8. The second-order valence-electron chi connectivity index (χ2n) is 7.81. The molecule has 1 saturated heterocycles. The number of nitro groups is 1. The summed E-state index contributed by atoms with van der Waals surface area (Å²) in [6.07, 6.45) is -5.70. The number of methoxy groups -OCH3 is 4. The Morgan fingerprint density at radius 1 is 1.11 bits per heavy atom. The van der Waals surface area contributed by atoms with Gasteiger partial charge >= 0.3 is 17.7 Å². The second kappa shape index (κ2) is 13.9. The van der Waals surface area contributed by atoms with E-state index in [9.17, 15) is 19.7 Å². The molecule has 0 radical (unpaired) electrons. The van der Waals surface area contributed by atoms with Crippen LogP contribution in [0.2, 0.25) is 0 Å². The van der Waals surface area contributed by atoms with Gasteiger partial charge in [-0.3, -0.25) is 10.1 Å². The Bertz CT molecular complexity index is 900. The standard InChI is InChI=1S/C22H33N3O11/c1-23-9-10-24(2)22(27)34-12-13-7-8-15(14(11-13)25(28)29)35-21-19(32-5)17(31-4)16(30-3)18(36-21)20(26)33-6/h7-8,11,16-19,21,23H,9-10,12H2,1-6H3/t16-,17-,18-,19+,21+/m0/s1. The third kappa shape index (κ3) is 7.01. The van der Waals surface area contributed by atoms with Crippen LogP contribution in [0.3, 0.4) is 0 Å². The molecule has 0 bridgehead atoms. The molecule has 1 aromatic rings. The Balaban J connectivity index is 2.25. The van der Waals surface area contributed by atoms with E-state index < -0.39 is 53.4 Å². The van der Waals surface area contributed by atoms with Crippen molar-refractivity contribution in [3.63, 3.8) is 0 Å². The van der Waals surface area contributed by atoms with Gasteiger partial charge in [0, 0.05) is 47.5 Å². The number of hydrogen-bond acceptors (Lipinski definition) is 12. The van der Waals surface area contributed by atoms with E-state index in [0.717, 1.165) is 0 Å². The smallest absolute Gasteiger partial charge is 0.409 e. The predicted octanol–water partition coefficient (Wildman–Crippen LogP) is 0.704. The highest BCUT2D eigenvalue weighted by molar-refractivity contribution is 5.75. The van der Waals surface area contributed by atoms with Gasteiger partial charge in [0.15, 0.2) is 11.9 Å². The molecule has 0 spiro atoms. The molecular formula is C22H33N3O11. The number of nitro benzene ring substituents is 1. The highest BCUT2D eigenvalue weighted by Gasteiger charge is 2.51. The number of carbonyl (C=O) groups excluding carboxylic acids is 2. The highest BCUT2D eigenvalue weighted by atomic mass is 16.7. The van der Waals surface area contributed by atoms with Crippen molar-refractivity contribution in [1.82, 2.24) is 10.2 Å². The van der Waals surface area contributed by atoms with Gasteiger partial charge in [-0.05, 0) is 18.7 Å². The van der Waals surface area contributed by atoms with Crippen LogP contribution in [-0.4, -0.2) is 108 Å². The van der Waals surface area contributed by atoms with E-state index in [2.05, 4.69) is 5.32 Å². The average molecular weight is 516 g/mol. The Morgan fingerprint density at radius 3 is 2.33 bits per heavy atom. The largest absolute Gasteiger partial charge is 0.467 e. The molecule has 36 heavy (non-hydrogen) atoms. The maximum atomic E-state index is 12.3. The zero-order valence-electron chi connectivity index (χ0n) is 21.1. The van der Waals surface area contributed by atoms with Gasteiger partial charge in [-0.15, -0.1) is 0 Å². The van der Waals surface area contributed by atoms with Crippen molar-refractivity contribution in [3.05, 3.63) is 33.9 Å². The van der Waals surface area contributed by atoms with E-state index in [1.54, 1.807) is 14.1 Å². The fourth-order valence-electron chi connectivity index (χ4n) is 3.63. The van der Waals surface area contributed by atoms with Crippen LogP contribution in [0.25, 0.3) is 0 Å². The van der Waals surface area contributed by atoms with Gasteiger partial charge in [0.25, 0.3) is 0 Å². The van der Waals surface area contributed by atoms with Gasteiger partial charge < -0.3 is 43.4 Å². The average Bonchev–Trinajstić information content (AvgIpc) is 2.89. The molecule has 0 aliphatic carbocycles. The Kier molecular flexibility index (Phi) is 11.3. The Morgan fingerprint density at radius 2 is 1.78 bits per heavy atom. The van der Waals surface area contributed by atoms with Gasteiger partial charge in [-0.25, -0.2) is 9.59 Å². The highest BCUT2D eigenvalue weighted by Crippen LogP contribution is 2.34. The van der Waals surface area contributed by atoms with Gasteiger partial charge in [-0.2, -0.15) is 0 Å². The van der Waals surface area contributed by atoms with Crippen molar-refractivity contribution in [2.75, 3.05) is 55.6 Å². The topological polar surface area (TPSA) is 157 Å². The summed E-state index contributed by atoms with van der Waals surface area (Å²) in [6.45, 7) is 0.833. The summed E-state index contributed by atoms with van der Waals surface area (Å²) in [6, 6.07) is 4.08. The Labute approximate surface area is 208 Å². The Hall–Kier alpha value is -3.04. The molecule has 1 aromatic carbocycles. The summed E-state index contributed by atoms with van der Waals surface area (Å²) in [5.41, 5.74) is -0.0260. The molecule has 14 nitrogen and oxygen atoms in total. The fourth-order valence-corrected chi connectivity index (χ4v) is 3.63. The normalized spacial score (nSPS) is 23.6. The SMILES string of the molecule is CNCCN(C)C(=O)OCc1ccc(O[C@@H]2O[C@H](C(=O)OC)[C@@H](OC)[C@H](OC)[C@H]2OC)c([N+](=O)[O-])c1. The van der Waals surface area contributed by atoms with E-state index >= 15 is 0 Å². The number of ether oxygens (including phenoxy) is 7. The van der Waals surface area contributed by atoms with Crippen LogP contribution in [0.1, 0.15) is 5.56 Å². The van der Waals surface area contributed by atoms with Gasteiger partial charge in [0.1, 0.15) is 24.9 Å². The molecule has 5 atom stereocenters. The lowest BCUT2D eigenvalue weighted by molar-refractivity contribution is -0.387. The number of hydrogen-bond donors (Lipinski definition) is 1. The molecule has 1 aliphatic rings. The number of esters is 1. The summed E-state index contributed by atoms with van der Waals surface area (Å²) >= 11 is 0. The molecule has 14 heteroatoms. The number of rotatable bonds is 12. The zero-order valence-corrected chi connectivity index (χ0v) is 21.1. The molecule has 1 amide bonds. The monoisotopic (exact) mass is 515 g/mol. The van der Waals surface area contributed by atoms with E-state index in [1.165, 1.54) is 51.5 Å². The summed E-state index contributed by atoms with van der Waals surface area (Å²) in [5, 5.41) is 14.7. The molecular weight excluding hydrogens is 482 g/mol. The third-order valence-electron chi connectivity index (χ3n) is 5.58. The quantitative estimate of drug-likeness (QED) is 0.236. The first-order valence-corrected chi connectivity index (χ1v) is 11.0. The molecule has 202 valence electrons. The predicted molar refractivity (Wildman–Crippen MR) is 124 cm³/mol. The van der Waals surface area contributed by atoms with Gasteiger partial charge in [-0.1, -0.05) is 6.07 Å². The van der Waals surface area contributed by atoms with Crippen LogP contribution < -0.4 is 10.1 Å². The minimum Gasteiger partial charge on any atom is -0.467 e. The molecule has 0 aromatic heterocycles. The fraction of sp³-hybridized carbons (Fsp3) is 0.636. The van der Waals surface area contributed by atoms with Crippen molar-refractivity contribution >= 4 is 17.7 Å². The number of nitrogens with zero attached hydrogens (tertiary/aromatic N) is 2. The van der Waals surface area contributed by atoms with Crippen LogP contribution in [0.5, 0.6) is 5.75 Å². The van der Waals surface area contributed by atoms with Crippen molar-refractivity contribution in [3.8, 4) is 5.75 Å². The summed E-state index contributed by atoms with van der Waals surface area (Å²) < 4.78 is 37.9. The van der Waals surface area contributed by atoms with Crippen molar-refractivity contribution in [1.29, 1.82) is 0 Å². The summed E-state index contributed by atoms with van der Waals surface area (Å²) in [7, 11) is 8.68. The van der Waals surface area contributed by atoms with E-state index in [4.69, 9.17) is 33.2 Å². The number of amides is 1. The molecule has 1 fully saturated rings. The van der Waals surface area contributed by atoms with Crippen LogP contribution in [0.4, 0.5) is 10.5 Å². The van der Waals surface area contributed by atoms with Gasteiger partial charge in [0.05, 0.1) is 12.0 Å². The minimum absolute atomic E-state index is 0.150. The number of benzene rings is 1. The molecule has 0 unspecified atom stereocenters. The van der Waals surface area contributed by atoms with E-state index in [1.807, 2.05) is 0 Å². The minimum atomic E-state index is -1.28. The number of likely N-dealkylation sites (N-methyl/N-ethyl adjacent to an activating group) is 2. The molecule has 1 N–H and O–H groups in total. The van der Waals surface area contributed by atoms with E-state index in [0.29, 0.717) is 18.7 Å². The summed E-state index contributed by atoms with van der Waals surface area (Å²) in [5.74, 6) is -0.888. The van der Waals surface area contributed by atoms with Crippen LogP contribution in [0.15, 0.2) is 18.2 Å². The van der Waals surface area contributed by atoms with Crippen LogP contribution in [-0.2, 0) is 39.8 Å². The van der Waals surface area contributed by atoms with Crippen molar-refractivity contribution < 1.29 is 47.7 Å². The lowest BCUT2D eigenvalue weighted by atomic mass is 9.98. The van der Waals surface area contributed by atoms with Crippen molar-refractivity contribution in [2.45, 2.75) is 37.3 Å². The molecule has 0 saturated carbocycles. The van der Waals surface area contributed by atoms with Crippen LogP contribution >= 0.6 is 0 Å².